The molecule has 0 aliphatic rings. The molecule has 0 aromatic heterocycles. The van der Waals surface area contributed by atoms with Crippen LogP contribution in [0.5, 0.6) is 0 Å². The molecule has 0 aromatic carbocycles. The van der Waals surface area contributed by atoms with Crippen molar-refractivity contribution in [2.45, 2.75) is 0 Å². The van der Waals surface area contributed by atoms with E-state index >= 15 is 0 Å². The minimum Gasteiger partial charge on any atom is -0.412 e. The van der Waals surface area contributed by atoms with E-state index in [9.17, 15) is 0 Å². The second-order valence-electron chi connectivity index (χ2n) is 0. The van der Waals surface area contributed by atoms with Crippen LogP contribution in [-0.2, 0) is 0 Å². The second-order valence-corrected chi connectivity index (χ2v) is 0. The van der Waals surface area contributed by atoms with Gasteiger partial charge in [-0.05, 0) is 0 Å². The molecule has 1 nitrogen and oxygen atoms in total. The summed E-state index contributed by atoms with van der Waals surface area (Å²) in [5.41, 5.74) is 0. The molecule has 0 aliphatic carbocycles. The summed E-state index contributed by atoms with van der Waals surface area (Å²) in [6, 6.07) is 0. The van der Waals surface area contributed by atoms with E-state index in [0.717, 1.165) is 0 Å². The fraction of sp³-hybridized carbons (Fsp3) is 0. The van der Waals surface area contributed by atoms with Gasteiger partial charge in [0.15, 0.2) is 0 Å². The van der Waals surface area contributed by atoms with Crippen molar-refractivity contribution in [3.63, 3.8) is 0 Å². The summed E-state index contributed by atoms with van der Waals surface area (Å²) in [4.78, 5) is 0. The first-order valence-electron chi connectivity index (χ1n) is 0. The SMILES string of the molecule is Cl.O.[B].[Na]. The first kappa shape index (κ1) is 57.2. The predicted octanol–water partition coefficient (Wildman–Crippen LogP) is -1.16. The molecule has 4 heteroatoms. The van der Waals surface area contributed by atoms with Crippen LogP contribution in [0.2, 0.25) is 0 Å². The van der Waals surface area contributed by atoms with Crippen LogP contribution >= 0.6 is 12.4 Å². The Morgan fingerprint density at radius 2 is 1.00 bits per heavy atom. The Labute approximate surface area is 55.7 Å². The van der Waals surface area contributed by atoms with Gasteiger partial charge in [-0.15, -0.1) is 12.4 Å². The number of rotatable bonds is 0. The number of halogens is 1. The van der Waals surface area contributed by atoms with E-state index in [1.54, 1.807) is 0 Å². The number of hydrogen-bond acceptors (Lipinski definition) is 0. The maximum atomic E-state index is 0. The van der Waals surface area contributed by atoms with Crippen molar-refractivity contribution in [2.75, 3.05) is 0 Å². The molecule has 0 amide bonds. The van der Waals surface area contributed by atoms with E-state index < -0.39 is 0 Å². The summed E-state index contributed by atoms with van der Waals surface area (Å²) in [6.45, 7) is 0. The minimum atomic E-state index is 0. The average molecular weight is 88.3 g/mol. The molecule has 0 aliphatic heterocycles. The van der Waals surface area contributed by atoms with E-state index in [2.05, 4.69) is 0 Å². The van der Waals surface area contributed by atoms with E-state index in [4.69, 9.17) is 0 Å². The predicted molar refractivity (Wildman–Crippen MR) is 22.4 cm³/mol. The average Bonchev–Trinajstić information content (AvgIpc) is 0. The molecule has 0 rings (SSSR count). The summed E-state index contributed by atoms with van der Waals surface area (Å²) in [5.74, 6) is 0. The Morgan fingerprint density at radius 3 is 1.00 bits per heavy atom. The van der Waals surface area contributed by atoms with Crippen molar-refractivity contribution >= 4 is 50.4 Å². The van der Waals surface area contributed by atoms with Crippen LogP contribution in [-0.4, -0.2) is 43.4 Å². The van der Waals surface area contributed by atoms with E-state index in [1.807, 2.05) is 0 Å². The van der Waals surface area contributed by atoms with Crippen LogP contribution in [0.1, 0.15) is 0 Å². The van der Waals surface area contributed by atoms with Gasteiger partial charge in [-0.3, -0.25) is 0 Å². The van der Waals surface area contributed by atoms with Gasteiger partial charge in [0.2, 0.25) is 0 Å². The van der Waals surface area contributed by atoms with Crippen LogP contribution in [0.4, 0.5) is 0 Å². The normalized spacial score (nSPS) is 0. The standard InChI is InChI=1S/B.ClH.Na.H2O/h;1H;;1H2. The Hall–Kier alpha value is 1.31. The van der Waals surface area contributed by atoms with Gasteiger partial charge in [0.25, 0.3) is 0 Å². The maximum Gasteiger partial charge on any atom is 0 e. The van der Waals surface area contributed by atoms with Gasteiger partial charge >= 0.3 is 0 Å². The first-order chi connectivity index (χ1) is 0. The number of hydrogen-bond donors (Lipinski definition) is 0. The zero-order valence-corrected chi connectivity index (χ0v) is 5.30. The molecule has 0 saturated heterocycles. The molecule has 0 bridgehead atoms. The third kappa shape index (κ3) is 10.3. The van der Waals surface area contributed by atoms with Gasteiger partial charge in [-0.25, -0.2) is 0 Å². The molecule has 4 heavy (non-hydrogen) atoms. The molecule has 0 atom stereocenters. The fourth-order valence-electron chi connectivity index (χ4n) is 0. The van der Waals surface area contributed by atoms with E-state index in [-0.39, 0.29) is 55.9 Å². The van der Waals surface area contributed by atoms with Gasteiger partial charge in [-0.1, -0.05) is 0 Å². The van der Waals surface area contributed by atoms with Crippen LogP contribution in [0, 0.1) is 0 Å². The Morgan fingerprint density at radius 1 is 1.00 bits per heavy atom. The third-order valence-electron chi connectivity index (χ3n) is 0. The molecular weight excluding hydrogens is 85.3 g/mol. The molecule has 0 aromatic rings. The summed E-state index contributed by atoms with van der Waals surface area (Å²) < 4.78 is 0. The quantitative estimate of drug-likeness (QED) is 0.334. The van der Waals surface area contributed by atoms with Gasteiger partial charge in [0.1, 0.15) is 0 Å². The second kappa shape index (κ2) is 27.4. The molecule has 0 heterocycles. The molecule has 20 valence electrons. The summed E-state index contributed by atoms with van der Waals surface area (Å²) in [6.07, 6.45) is 0. The maximum absolute atomic E-state index is 0. The topological polar surface area (TPSA) is 31.5 Å². The monoisotopic (exact) mass is 88.0 g/mol. The van der Waals surface area contributed by atoms with Crippen molar-refractivity contribution in [3.8, 4) is 0 Å². The third-order valence-corrected chi connectivity index (χ3v) is 0. The van der Waals surface area contributed by atoms with Crippen LogP contribution in [0.3, 0.4) is 0 Å². The van der Waals surface area contributed by atoms with Crippen LogP contribution in [0.15, 0.2) is 0 Å². The first-order valence-corrected chi connectivity index (χ1v) is 0. The van der Waals surface area contributed by atoms with Gasteiger partial charge in [-0.2, -0.15) is 0 Å². The van der Waals surface area contributed by atoms with Crippen molar-refractivity contribution in [1.82, 2.24) is 0 Å². The fourth-order valence-corrected chi connectivity index (χ4v) is 0. The zero-order valence-electron chi connectivity index (χ0n) is 2.49. The zero-order chi connectivity index (χ0) is 0. The Kier molecular flexibility index (Phi) is 392. The summed E-state index contributed by atoms with van der Waals surface area (Å²) in [7, 11) is 0. The van der Waals surface area contributed by atoms with Crippen molar-refractivity contribution in [1.29, 1.82) is 0 Å². The van der Waals surface area contributed by atoms with Crippen molar-refractivity contribution < 1.29 is 5.48 Å². The van der Waals surface area contributed by atoms with Gasteiger partial charge in [0, 0.05) is 38.0 Å². The van der Waals surface area contributed by atoms with Crippen molar-refractivity contribution in [3.05, 3.63) is 0 Å². The summed E-state index contributed by atoms with van der Waals surface area (Å²) in [5, 5.41) is 0. The Balaban J connectivity index is 0. The van der Waals surface area contributed by atoms with E-state index in [0.29, 0.717) is 0 Å². The molecule has 0 saturated carbocycles. The Bertz CT molecular complexity index is 8.00. The van der Waals surface area contributed by atoms with Crippen LogP contribution in [0.25, 0.3) is 0 Å². The summed E-state index contributed by atoms with van der Waals surface area (Å²) >= 11 is 0. The van der Waals surface area contributed by atoms with E-state index in [1.165, 1.54) is 0 Å². The molecule has 4 radical (unpaired) electrons. The van der Waals surface area contributed by atoms with Crippen LogP contribution < -0.4 is 0 Å². The molecule has 0 spiro atoms. The molecule has 2 N–H and O–H groups in total. The molecular formula is H3BClNaO. The van der Waals surface area contributed by atoms with Gasteiger partial charge < -0.3 is 5.48 Å². The minimum absolute atomic E-state index is 0. The largest absolute Gasteiger partial charge is 0.412 e. The molecule has 0 fully saturated rings. The van der Waals surface area contributed by atoms with Gasteiger partial charge in [0.05, 0.1) is 0 Å². The molecule has 0 unspecified atom stereocenters. The smallest absolute Gasteiger partial charge is 0 e. The van der Waals surface area contributed by atoms with Crippen molar-refractivity contribution in [2.24, 2.45) is 0 Å².